The highest BCUT2D eigenvalue weighted by Crippen LogP contribution is 2.29. The molecule has 0 atom stereocenters. The van der Waals surface area contributed by atoms with Crippen LogP contribution in [0.2, 0.25) is 0 Å². The van der Waals surface area contributed by atoms with Gasteiger partial charge in [0.1, 0.15) is 5.82 Å². The first-order chi connectivity index (χ1) is 15.9. The van der Waals surface area contributed by atoms with E-state index in [1.165, 1.54) is 22.9 Å². The maximum absolute atomic E-state index is 13.5. The maximum atomic E-state index is 13.5. The average Bonchev–Trinajstić information content (AvgIpc) is 3.26. The van der Waals surface area contributed by atoms with Crippen molar-refractivity contribution in [3.63, 3.8) is 0 Å². The number of para-hydroxylation sites is 1. The molecule has 2 aromatic carbocycles. The minimum Gasteiger partial charge on any atom is -0.369 e. The first-order valence-corrected chi connectivity index (χ1v) is 12.8. The van der Waals surface area contributed by atoms with Crippen LogP contribution in [0.3, 0.4) is 0 Å². The summed E-state index contributed by atoms with van der Waals surface area (Å²) in [7, 11) is -3.88. The van der Waals surface area contributed by atoms with E-state index in [0.29, 0.717) is 5.82 Å². The van der Waals surface area contributed by atoms with E-state index in [0.717, 1.165) is 47.8 Å². The predicted octanol–water partition coefficient (Wildman–Crippen LogP) is 5.03. The fraction of sp³-hybridized carbons (Fsp3) is 0.320. The van der Waals surface area contributed by atoms with E-state index in [1.807, 2.05) is 44.2 Å². The fourth-order valence-corrected chi connectivity index (χ4v) is 5.64. The number of allylic oxidation sites excluding steroid dienone is 1. The van der Waals surface area contributed by atoms with Gasteiger partial charge in [0.15, 0.2) is 5.65 Å². The van der Waals surface area contributed by atoms with Crippen molar-refractivity contribution >= 4 is 32.2 Å². The van der Waals surface area contributed by atoms with Crippen molar-refractivity contribution in [2.24, 2.45) is 0 Å². The zero-order chi connectivity index (χ0) is 23.0. The Balaban J connectivity index is 1.57. The zero-order valence-electron chi connectivity index (χ0n) is 18.9. The molecule has 0 fully saturated rings. The van der Waals surface area contributed by atoms with Gasteiger partial charge in [0, 0.05) is 11.9 Å². The fourth-order valence-electron chi connectivity index (χ4n) is 4.32. The summed E-state index contributed by atoms with van der Waals surface area (Å²) in [6, 6.07) is 12.8. The van der Waals surface area contributed by atoms with E-state index in [-0.39, 0.29) is 15.6 Å². The van der Waals surface area contributed by atoms with Crippen molar-refractivity contribution in [3.05, 3.63) is 65.2 Å². The summed E-state index contributed by atoms with van der Waals surface area (Å²) < 4.78 is 28.4. The first kappa shape index (κ1) is 21.6. The quantitative estimate of drug-likeness (QED) is 0.405. The molecule has 33 heavy (non-hydrogen) atoms. The highest BCUT2D eigenvalue weighted by atomic mass is 32.2. The molecule has 0 spiro atoms. The molecule has 0 saturated heterocycles. The second kappa shape index (κ2) is 8.59. The van der Waals surface area contributed by atoms with E-state index in [2.05, 4.69) is 21.7 Å². The largest absolute Gasteiger partial charge is 0.369 e. The summed E-state index contributed by atoms with van der Waals surface area (Å²) in [6.07, 6.45) is 8.12. The molecule has 5 rings (SSSR count). The lowest BCUT2D eigenvalue weighted by Gasteiger charge is -2.14. The van der Waals surface area contributed by atoms with Gasteiger partial charge in [-0.3, -0.25) is 0 Å². The van der Waals surface area contributed by atoms with Gasteiger partial charge >= 0.3 is 0 Å². The Morgan fingerprint density at radius 3 is 2.70 bits per heavy atom. The molecule has 0 amide bonds. The monoisotopic (exact) mass is 461 g/mol. The number of anilines is 1. The summed E-state index contributed by atoms with van der Waals surface area (Å²) >= 11 is 0. The summed E-state index contributed by atoms with van der Waals surface area (Å²) in [6.45, 7) is 4.58. The second-order valence-corrected chi connectivity index (χ2v) is 10.5. The summed E-state index contributed by atoms with van der Waals surface area (Å²) in [5.41, 5.74) is 4.40. The number of benzene rings is 2. The lowest BCUT2D eigenvalue weighted by Crippen LogP contribution is -2.09. The first-order valence-electron chi connectivity index (χ1n) is 11.3. The molecule has 0 radical (unpaired) electrons. The topological polar surface area (TPSA) is 89.2 Å². The maximum Gasteiger partial charge on any atom is 0.229 e. The molecule has 1 aliphatic rings. The van der Waals surface area contributed by atoms with Crippen LogP contribution in [0, 0.1) is 13.8 Å². The molecule has 7 nitrogen and oxygen atoms in total. The molecule has 0 saturated carbocycles. The van der Waals surface area contributed by atoms with Gasteiger partial charge in [0.05, 0.1) is 10.4 Å². The molecule has 0 unspecified atom stereocenters. The third-order valence-corrected chi connectivity index (χ3v) is 8.04. The minimum atomic E-state index is -3.88. The molecule has 1 N–H and O–H groups in total. The van der Waals surface area contributed by atoms with E-state index >= 15 is 0 Å². The molecule has 4 aromatic rings. The smallest absolute Gasteiger partial charge is 0.229 e. The van der Waals surface area contributed by atoms with E-state index in [4.69, 9.17) is 4.98 Å². The van der Waals surface area contributed by atoms with Crippen molar-refractivity contribution in [1.82, 2.24) is 19.8 Å². The molecule has 2 heterocycles. The van der Waals surface area contributed by atoms with Crippen LogP contribution >= 0.6 is 0 Å². The normalized spacial score (nSPS) is 14.5. The summed E-state index contributed by atoms with van der Waals surface area (Å²) in [5.74, 6) is 0.647. The lowest BCUT2D eigenvalue weighted by atomic mass is 9.97. The van der Waals surface area contributed by atoms with Crippen LogP contribution in [0.25, 0.3) is 16.6 Å². The van der Waals surface area contributed by atoms with Gasteiger partial charge in [-0.25, -0.2) is 13.4 Å². The van der Waals surface area contributed by atoms with Crippen LogP contribution in [0.1, 0.15) is 43.2 Å². The third-order valence-electron chi connectivity index (χ3n) is 6.39. The number of sulfone groups is 1. The Morgan fingerprint density at radius 2 is 1.91 bits per heavy atom. The molecule has 170 valence electrons. The Bertz CT molecular complexity index is 1490. The van der Waals surface area contributed by atoms with Crippen molar-refractivity contribution in [3.8, 4) is 0 Å². The SMILES string of the molecule is Cc1ccc(S(=O)(=O)c2nnn3c2nc(NCCC2=CCCCC2)c2ccccc23)cc1C. The molecular formula is C25H27N5O2S. The standard InChI is InChI=1S/C25H27N5O2S/c1-17-12-13-20(16-18(17)2)33(31,32)25-24-27-23(26-15-14-19-8-4-3-5-9-19)21-10-6-7-11-22(21)30(24)29-28-25/h6-8,10-13,16H,3-5,9,14-15H2,1-2H3,(H,26,27). The average molecular weight is 462 g/mol. The number of hydrogen-bond donors (Lipinski definition) is 1. The Morgan fingerprint density at radius 1 is 1.06 bits per heavy atom. The van der Waals surface area contributed by atoms with Gasteiger partial charge in [-0.2, -0.15) is 4.52 Å². The number of nitrogens with one attached hydrogen (secondary N) is 1. The van der Waals surface area contributed by atoms with Crippen LogP contribution in [0.4, 0.5) is 5.82 Å². The number of hydrogen-bond acceptors (Lipinski definition) is 6. The van der Waals surface area contributed by atoms with Crippen molar-refractivity contribution in [2.75, 3.05) is 11.9 Å². The van der Waals surface area contributed by atoms with Crippen molar-refractivity contribution in [2.45, 2.75) is 55.9 Å². The van der Waals surface area contributed by atoms with Gasteiger partial charge in [0.25, 0.3) is 0 Å². The lowest BCUT2D eigenvalue weighted by molar-refractivity contribution is 0.592. The van der Waals surface area contributed by atoms with Crippen LogP contribution < -0.4 is 5.32 Å². The van der Waals surface area contributed by atoms with E-state index in [1.54, 1.807) is 12.1 Å². The Kier molecular flexibility index (Phi) is 5.62. The molecular weight excluding hydrogens is 434 g/mol. The molecule has 1 aliphatic carbocycles. The van der Waals surface area contributed by atoms with Gasteiger partial charge < -0.3 is 5.32 Å². The molecule has 0 aliphatic heterocycles. The summed E-state index contributed by atoms with van der Waals surface area (Å²) in [4.78, 5) is 4.90. The minimum absolute atomic E-state index is 0.130. The molecule has 8 heteroatoms. The van der Waals surface area contributed by atoms with Crippen molar-refractivity contribution in [1.29, 1.82) is 0 Å². The van der Waals surface area contributed by atoms with Crippen LogP contribution in [-0.4, -0.2) is 34.8 Å². The predicted molar refractivity (Wildman–Crippen MR) is 129 cm³/mol. The number of aromatic nitrogens is 4. The van der Waals surface area contributed by atoms with Crippen LogP contribution in [0.5, 0.6) is 0 Å². The van der Waals surface area contributed by atoms with Gasteiger partial charge in [-0.1, -0.05) is 35.1 Å². The van der Waals surface area contributed by atoms with E-state index in [9.17, 15) is 8.42 Å². The van der Waals surface area contributed by atoms with Gasteiger partial charge in [0.2, 0.25) is 14.9 Å². The number of fused-ring (bicyclic) bond motifs is 3. The van der Waals surface area contributed by atoms with Gasteiger partial charge in [-0.05, 0) is 81.3 Å². The third kappa shape index (κ3) is 3.99. The van der Waals surface area contributed by atoms with E-state index < -0.39 is 9.84 Å². The molecule has 0 bridgehead atoms. The second-order valence-electron chi connectivity index (χ2n) is 8.64. The molecule has 2 aromatic heterocycles. The van der Waals surface area contributed by atoms with Crippen molar-refractivity contribution < 1.29 is 8.42 Å². The Hall–Kier alpha value is -3.26. The van der Waals surface area contributed by atoms with Crippen LogP contribution in [0.15, 0.2) is 64.0 Å². The number of rotatable bonds is 6. The van der Waals surface area contributed by atoms with Gasteiger partial charge in [-0.15, -0.1) is 5.10 Å². The Labute approximate surface area is 193 Å². The number of aryl methyl sites for hydroxylation is 2. The summed E-state index contributed by atoms with van der Waals surface area (Å²) in [5, 5.41) is 12.4. The highest BCUT2D eigenvalue weighted by Gasteiger charge is 2.27. The van der Waals surface area contributed by atoms with Crippen LogP contribution in [-0.2, 0) is 9.84 Å². The zero-order valence-corrected chi connectivity index (χ0v) is 19.7. The highest BCUT2D eigenvalue weighted by molar-refractivity contribution is 7.91. The number of nitrogens with zero attached hydrogens (tertiary/aromatic N) is 4.